The number of rotatable bonds is 4. The summed E-state index contributed by atoms with van der Waals surface area (Å²) >= 11 is 1.41. The van der Waals surface area contributed by atoms with E-state index in [0.29, 0.717) is 6.07 Å². The average molecular weight is 283 g/mol. The molecule has 1 aromatic heterocycles. The van der Waals surface area contributed by atoms with Crippen LogP contribution in [0.3, 0.4) is 0 Å². The number of benzene rings is 1. The molecule has 0 aliphatic heterocycles. The van der Waals surface area contributed by atoms with Crippen LogP contribution in [0.4, 0.5) is 14.5 Å². The lowest BCUT2D eigenvalue weighted by Gasteiger charge is -2.14. The van der Waals surface area contributed by atoms with Gasteiger partial charge in [-0.3, -0.25) is 4.79 Å². The van der Waals surface area contributed by atoms with Crippen LogP contribution in [0, 0.1) is 11.6 Å². The van der Waals surface area contributed by atoms with Crippen LogP contribution < -0.4 is 11.1 Å². The van der Waals surface area contributed by atoms with Crippen LogP contribution in [0.2, 0.25) is 0 Å². The first-order valence-electron chi connectivity index (χ1n) is 5.44. The lowest BCUT2D eigenvalue weighted by molar-refractivity contribution is 0.0996. The molecule has 1 unspecified atom stereocenters. The van der Waals surface area contributed by atoms with Crippen LogP contribution in [-0.4, -0.2) is 10.9 Å². The summed E-state index contributed by atoms with van der Waals surface area (Å²) < 4.78 is 26.9. The second-order valence-electron chi connectivity index (χ2n) is 3.91. The summed E-state index contributed by atoms with van der Waals surface area (Å²) in [6.45, 7) is 1.78. The number of halogens is 2. The van der Waals surface area contributed by atoms with E-state index in [9.17, 15) is 13.6 Å². The number of carbonyl (C=O) groups is 1. The first kappa shape index (κ1) is 13.4. The number of nitrogens with zero attached hydrogens (tertiary/aromatic N) is 1. The van der Waals surface area contributed by atoms with E-state index in [2.05, 4.69) is 10.3 Å². The molecule has 0 spiro atoms. The highest BCUT2D eigenvalue weighted by atomic mass is 32.1. The first-order valence-corrected chi connectivity index (χ1v) is 6.31. The average Bonchev–Trinajstić information content (AvgIpc) is 2.85. The zero-order valence-electron chi connectivity index (χ0n) is 9.98. The Kier molecular flexibility index (Phi) is 3.75. The van der Waals surface area contributed by atoms with Gasteiger partial charge in [0.15, 0.2) is 0 Å². The predicted molar refractivity (Wildman–Crippen MR) is 69.0 cm³/mol. The molecule has 3 N–H and O–H groups in total. The van der Waals surface area contributed by atoms with Crippen LogP contribution in [-0.2, 0) is 0 Å². The number of carbonyl (C=O) groups excluding carboxylic acids is 1. The topological polar surface area (TPSA) is 68.0 Å². The molecule has 1 amide bonds. The molecule has 1 aromatic carbocycles. The van der Waals surface area contributed by atoms with Gasteiger partial charge in [0.05, 0.1) is 17.3 Å². The third-order valence-corrected chi connectivity index (χ3v) is 3.47. The highest BCUT2D eigenvalue weighted by molar-refractivity contribution is 7.09. The number of aromatic nitrogens is 1. The molecule has 0 radical (unpaired) electrons. The van der Waals surface area contributed by atoms with E-state index >= 15 is 0 Å². The molecular formula is C12H11F2N3OS. The maximum absolute atomic E-state index is 13.6. The molecule has 0 aliphatic rings. The fourth-order valence-corrected chi connectivity index (χ4v) is 2.24. The number of amides is 1. The Bertz CT molecular complexity index is 601. The van der Waals surface area contributed by atoms with Crippen molar-refractivity contribution in [1.29, 1.82) is 0 Å². The molecular weight excluding hydrogens is 272 g/mol. The number of primary amides is 1. The maximum atomic E-state index is 13.6. The van der Waals surface area contributed by atoms with E-state index in [1.165, 1.54) is 11.3 Å². The minimum absolute atomic E-state index is 0.0119. The molecule has 4 nitrogen and oxygen atoms in total. The number of thiazole rings is 1. The van der Waals surface area contributed by atoms with E-state index in [1.807, 2.05) is 0 Å². The van der Waals surface area contributed by atoms with Gasteiger partial charge in [-0.05, 0) is 13.0 Å². The van der Waals surface area contributed by atoms with E-state index in [-0.39, 0.29) is 17.3 Å². The summed E-state index contributed by atoms with van der Waals surface area (Å²) in [7, 11) is 0. The van der Waals surface area contributed by atoms with Gasteiger partial charge in [0, 0.05) is 17.6 Å². The zero-order valence-corrected chi connectivity index (χ0v) is 10.8. The molecule has 19 heavy (non-hydrogen) atoms. The Balaban J connectivity index is 2.30. The summed E-state index contributed by atoms with van der Waals surface area (Å²) in [6.07, 6.45) is 1.63. The molecule has 2 aromatic rings. The molecule has 0 saturated heterocycles. The number of nitrogens with one attached hydrogen (secondary N) is 1. The molecule has 0 bridgehead atoms. The minimum atomic E-state index is -0.975. The molecule has 0 fully saturated rings. The zero-order chi connectivity index (χ0) is 14.0. The Labute approximate surface area is 112 Å². The van der Waals surface area contributed by atoms with Gasteiger partial charge in [0.1, 0.15) is 16.6 Å². The van der Waals surface area contributed by atoms with Crippen molar-refractivity contribution in [3.63, 3.8) is 0 Å². The highest BCUT2D eigenvalue weighted by Crippen LogP contribution is 2.25. The van der Waals surface area contributed by atoms with Crippen molar-refractivity contribution >= 4 is 22.9 Å². The third-order valence-electron chi connectivity index (χ3n) is 2.52. The van der Waals surface area contributed by atoms with Gasteiger partial charge in [-0.15, -0.1) is 11.3 Å². The molecule has 100 valence electrons. The van der Waals surface area contributed by atoms with Crippen molar-refractivity contribution in [3.05, 3.63) is 45.9 Å². The Morgan fingerprint density at radius 2 is 2.16 bits per heavy atom. The van der Waals surface area contributed by atoms with E-state index < -0.39 is 17.5 Å². The SMILES string of the molecule is CC(Nc1cc(C(N)=O)c(F)cc1F)c1nccs1. The smallest absolute Gasteiger partial charge is 0.251 e. The van der Waals surface area contributed by atoms with E-state index in [0.717, 1.165) is 11.1 Å². The predicted octanol–water partition coefficient (Wildman–Crippen LogP) is 2.69. The monoisotopic (exact) mass is 283 g/mol. The molecule has 7 heteroatoms. The highest BCUT2D eigenvalue weighted by Gasteiger charge is 2.16. The standard InChI is InChI=1S/C12H11F2N3OS/c1-6(12-16-2-3-19-12)17-10-4-7(11(15)18)8(13)5-9(10)14/h2-6,17H,1H3,(H2,15,18). The number of anilines is 1. The largest absolute Gasteiger partial charge is 0.374 e. The van der Waals surface area contributed by atoms with Gasteiger partial charge in [0.2, 0.25) is 0 Å². The summed E-state index contributed by atoms with van der Waals surface area (Å²) in [5.74, 6) is -2.70. The van der Waals surface area contributed by atoms with Gasteiger partial charge in [0.25, 0.3) is 5.91 Å². The summed E-state index contributed by atoms with van der Waals surface area (Å²) in [4.78, 5) is 15.1. The quantitative estimate of drug-likeness (QED) is 0.906. The van der Waals surface area contributed by atoms with Crippen LogP contribution >= 0.6 is 11.3 Å². The van der Waals surface area contributed by atoms with Crippen molar-refractivity contribution in [1.82, 2.24) is 4.98 Å². The summed E-state index contributed by atoms with van der Waals surface area (Å²) in [6, 6.07) is 1.44. The normalized spacial score (nSPS) is 12.2. The van der Waals surface area contributed by atoms with Gasteiger partial charge >= 0.3 is 0 Å². The molecule has 1 atom stereocenters. The van der Waals surface area contributed by atoms with Crippen molar-refractivity contribution < 1.29 is 13.6 Å². The van der Waals surface area contributed by atoms with Crippen LogP contribution in [0.5, 0.6) is 0 Å². The van der Waals surface area contributed by atoms with E-state index in [4.69, 9.17) is 5.73 Å². The second kappa shape index (κ2) is 5.31. The third kappa shape index (κ3) is 2.87. The Morgan fingerprint density at radius 1 is 1.42 bits per heavy atom. The number of hydrogen-bond acceptors (Lipinski definition) is 4. The Hall–Kier alpha value is -2.02. The minimum Gasteiger partial charge on any atom is -0.374 e. The second-order valence-corrected chi connectivity index (χ2v) is 4.84. The lowest BCUT2D eigenvalue weighted by atomic mass is 10.1. The summed E-state index contributed by atoms with van der Waals surface area (Å²) in [5.41, 5.74) is 4.68. The maximum Gasteiger partial charge on any atom is 0.251 e. The van der Waals surface area contributed by atoms with Gasteiger partial charge in [-0.2, -0.15) is 0 Å². The number of hydrogen-bond donors (Lipinski definition) is 2. The van der Waals surface area contributed by atoms with Gasteiger partial charge < -0.3 is 11.1 Å². The number of nitrogens with two attached hydrogens (primary N) is 1. The molecule has 0 saturated carbocycles. The molecule has 2 rings (SSSR count). The van der Waals surface area contributed by atoms with Crippen molar-refractivity contribution in [3.8, 4) is 0 Å². The van der Waals surface area contributed by atoms with Gasteiger partial charge in [-0.1, -0.05) is 0 Å². The van der Waals surface area contributed by atoms with E-state index in [1.54, 1.807) is 18.5 Å². The van der Waals surface area contributed by atoms with Crippen molar-refractivity contribution in [2.45, 2.75) is 13.0 Å². The first-order chi connectivity index (χ1) is 8.99. The molecule has 0 aliphatic carbocycles. The van der Waals surface area contributed by atoms with Crippen LogP contribution in [0.15, 0.2) is 23.7 Å². The van der Waals surface area contributed by atoms with Crippen molar-refractivity contribution in [2.24, 2.45) is 5.73 Å². The van der Waals surface area contributed by atoms with Crippen LogP contribution in [0.1, 0.15) is 28.3 Å². The van der Waals surface area contributed by atoms with Crippen LogP contribution in [0.25, 0.3) is 0 Å². The van der Waals surface area contributed by atoms with Crippen molar-refractivity contribution in [2.75, 3.05) is 5.32 Å². The molecule has 1 heterocycles. The van der Waals surface area contributed by atoms with Gasteiger partial charge in [-0.25, -0.2) is 13.8 Å². The fourth-order valence-electron chi connectivity index (χ4n) is 1.59. The Morgan fingerprint density at radius 3 is 2.74 bits per heavy atom. The fraction of sp³-hybridized carbons (Fsp3) is 0.167. The summed E-state index contributed by atoms with van der Waals surface area (Å²) in [5, 5.41) is 5.38. The lowest BCUT2D eigenvalue weighted by Crippen LogP contribution is -2.15.